The molecule has 1 aromatic carbocycles. The highest BCUT2D eigenvalue weighted by molar-refractivity contribution is 5.56. The van der Waals surface area contributed by atoms with Crippen molar-refractivity contribution in [3.05, 3.63) is 35.9 Å². The number of aliphatic hydroxyl groups is 1. The van der Waals surface area contributed by atoms with Crippen LogP contribution in [-0.4, -0.2) is 25.3 Å². The molecule has 0 radical (unpaired) electrons. The Morgan fingerprint density at radius 2 is 1.93 bits per heavy atom. The monoisotopic (exact) mass is 201 g/mol. The normalized spacial score (nSPS) is 12.4. The van der Waals surface area contributed by atoms with Gasteiger partial charge in [0.15, 0.2) is 0 Å². The number of anilines is 1. The molecule has 15 heavy (non-hydrogen) atoms. The first-order valence-electron chi connectivity index (χ1n) is 4.73. The fraction of sp³-hybridized carbons (Fsp3) is 0.231. The topological polar surface area (TPSA) is 23.5 Å². The van der Waals surface area contributed by atoms with E-state index in [-0.39, 0.29) is 0 Å². The van der Waals surface area contributed by atoms with Crippen LogP contribution >= 0.6 is 0 Å². The van der Waals surface area contributed by atoms with Gasteiger partial charge in [0.2, 0.25) is 0 Å². The maximum Gasteiger partial charge on any atom is 0.133 e. The molecule has 1 rings (SSSR count). The minimum Gasteiger partial charge on any atom is -0.378 e. The predicted octanol–water partition coefficient (Wildman–Crippen LogP) is 1.76. The average molecular weight is 201 g/mol. The van der Waals surface area contributed by atoms with E-state index in [4.69, 9.17) is 11.5 Å². The molecule has 0 fully saturated rings. The largest absolute Gasteiger partial charge is 0.378 e. The molecule has 0 aliphatic carbocycles. The van der Waals surface area contributed by atoms with Crippen LogP contribution in [0.4, 0.5) is 5.69 Å². The van der Waals surface area contributed by atoms with Crippen molar-refractivity contribution in [2.45, 2.75) is 6.10 Å². The van der Waals surface area contributed by atoms with Gasteiger partial charge >= 0.3 is 0 Å². The third kappa shape index (κ3) is 3.49. The van der Waals surface area contributed by atoms with E-state index in [2.05, 4.69) is 5.92 Å². The first-order chi connectivity index (χ1) is 7.13. The summed E-state index contributed by atoms with van der Waals surface area (Å²) in [5.41, 5.74) is 2.17. The van der Waals surface area contributed by atoms with E-state index in [0.29, 0.717) is 0 Å². The van der Waals surface area contributed by atoms with Gasteiger partial charge in [0.1, 0.15) is 6.10 Å². The van der Waals surface area contributed by atoms with E-state index in [9.17, 15) is 0 Å². The number of nitrogens with zero attached hydrogens (tertiary/aromatic N) is 1. The second-order valence-electron chi connectivity index (χ2n) is 3.46. The van der Waals surface area contributed by atoms with Crippen LogP contribution in [0.5, 0.6) is 0 Å². The number of rotatable bonds is 3. The molecule has 1 aromatic rings. The molecule has 0 aliphatic heterocycles. The summed E-state index contributed by atoms with van der Waals surface area (Å²) in [5.74, 6) is 2.23. The molecule has 0 spiro atoms. The summed E-state index contributed by atoms with van der Waals surface area (Å²) in [4.78, 5) is 2.03. The van der Waals surface area contributed by atoms with Gasteiger partial charge in [-0.25, -0.2) is 0 Å². The van der Waals surface area contributed by atoms with E-state index >= 15 is 0 Å². The Morgan fingerprint density at radius 1 is 1.33 bits per heavy atom. The second-order valence-corrected chi connectivity index (χ2v) is 3.46. The lowest BCUT2D eigenvalue weighted by atomic mass is 10.1. The van der Waals surface area contributed by atoms with Gasteiger partial charge < -0.3 is 10.0 Å². The third-order valence-electron chi connectivity index (χ3n) is 2.05. The van der Waals surface area contributed by atoms with Gasteiger partial charge in [-0.05, 0) is 23.8 Å². The quantitative estimate of drug-likeness (QED) is 0.753. The predicted molar refractivity (Wildman–Crippen MR) is 64.6 cm³/mol. The zero-order valence-corrected chi connectivity index (χ0v) is 9.01. The summed E-state index contributed by atoms with van der Waals surface area (Å²) in [6, 6.07) is 7.99. The molecule has 78 valence electrons. The number of benzene rings is 1. The summed E-state index contributed by atoms with van der Waals surface area (Å²) in [5, 5.41) is 9.13. The molecule has 0 bridgehead atoms. The Morgan fingerprint density at radius 3 is 2.40 bits per heavy atom. The molecule has 1 unspecified atom stereocenters. The van der Waals surface area contributed by atoms with Gasteiger partial charge in [0, 0.05) is 19.8 Å². The van der Waals surface area contributed by atoms with Crippen LogP contribution in [0.1, 0.15) is 5.56 Å². The minimum absolute atomic E-state index is 0.807. The van der Waals surface area contributed by atoms with E-state index in [0.717, 1.165) is 11.3 Å². The van der Waals surface area contributed by atoms with Crippen LogP contribution in [0.3, 0.4) is 0 Å². The van der Waals surface area contributed by atoms with Crippen molar-refractivity contribution in [1.82, 2.24) is 0 Å². The highest BCUT2D eigenvalue weighted by Crippen LogP contribution is 2.13. The zero-order chi connectivity index (χ0) is 11.3. The molecule has 0 aromatic heterocycles. The molecule has 0 saturated heterocycles. The SMILES string of the molecule is C#CC(O)/C=C/c1ccc(N(C)C)cc1. The number of terminal acetylenes is 1. The van der Waals surface area contributed by atoms with Crippen LogP contribution in [0.15, 0.2) is 30.3 Å². The van der Waals surface area contributed by atoms with Gasteiger partial charge in [0.25, 0.3) is 0 Å². The van der Waals surface area contributed by atoms with E-state index in [1.807, 2.05) is 49.3 Å². The van der Waals surface area contributed by atoms with Gasteiger partial charge in [-0.2, -0.15) is 0 Å². The highest BCUT2D eigenvalue weighted by atomic mass is 16.3. The Hall–Kier alpha value is -1.72. The standard InChI is InChI=1S/C13H15NO/c1-4-13(15)10-7-11-5-8-12(9-6-11)14(2)3/h1,5-10,13,15H,2-3H3/b10-7+. The maximum absolute atomic E-state index is 9.13. The van der Waals surface area contributed by atoms with Crippen LogP contribution < -0.4 is 4.90 Å². The van der Waals surface area contributed by atoms with Crippen molar-refractivity contribution < 1.29 is 5.11 Å². The number of hydrogen-bond donors (Lipinski definition) is 1. The molecule has 1 N–H and O–H groups in total. The molecule has 0 heterocycles. The summed E-state index contributed by atoms with van der Waals surface area (Å²) in [6.45, 7) is 0. The lowest BCUT2D eigenvalue weighted by molar-refractivity contribution is 0.282. The Bertz CT molecular complexity index is 371. The van der Waals surface area contributed by atoms with Crippen LogP contribution in [0.25, 0.3) is 6.08 Å². The molecule has 0 aliphatic rings. The number of aliphatic hydroxyl groups excluding tert-OH is 1. The summed E-state index contributed by atoms with van der Waals surface area (Å²) in [7, 11) is 3.99. The van der Waals surface area contributed by atoms with Crippen molar-refractivity contribution in [2.24, 2.45) is 0 Å². The minimum atomic E-state index is -0.807. The van der Waals surface area contributed by atoms with Crippen molar-refractivity contribution in [2.75, 3.05) is 19.0 Å². The van der Waals surface area contributed by atoms with Crippen molar-refractivity contribution in [3.63, 3.8) is 0 Å². The van der Waals surface area contributed by atoms with E-state index in [1.165, 1.54) is 0 Å². The fourth-order valence-corrected chi connectivity index (χ4v) is 1.14. The van der Waals surface area contributed by atoms with Gasteiger partial charge in [-0.3, -0.25) is 0 Å². The Kier molecular flexibility index (Phi) is 3.96. The first kappa shape index (κ1) is 11.4. The van der Waals surface area contributed by atoms with Crippen molar-refractivity contribution in [3.8, 4) is 12.3 Å². The first-order valence-corrected chi connectivity index (χ1v) is 4.73. The summed E-state index contributed by atoms with van der Waals surface area (Å²) < 4.78 is 0. The fourth-order valence-electron chi connectivity index (χ4n) is 1.14. The van der Waals surface area contributed by atoms with Gasteiger partial charge in [-0.15, -0.1) is 6.42 Å². The molecular formula is C13H15NO. The zero-order valence-electron chi connectivity index (χ0n) is 9.01. The lowest BCUT2D eigenvalue weighted by Gasteiger charge is -2.11. The molecule has 2 heteroatoms. The molecule has 0 saturated carbocycles. The van der Waals surface area contributed by atoms with E-state index in [1.54, 1.807) is 6.08 Å². The third-order valence-corrected chi connectivity index (χ3v) is 2.05. The van der Waals surface area contributed by atoms with Gasteiger partial charge in [0.05, 0.1) is 0 Å². The maximum atomic E-state index is 9.13. The molecular weight excluding hydrogens is 186 g/mol. The Labute approximate surface area is 90.8 Å². The van der Waals surface area contributed by atoms with Crippen LogP contribution in [-0.2, 0) is 0 Å². The van der Waals surface area contributed by atoms with Crippen LogP contribution in [0.2, 0.25) is 0 Å². The second kappa shape index (κ2) is 5.23. The van der Waals surface area contributed by atoms with Crippen molar-refractivity contribution >= 4 is 11.8 Å². The van der Waals surface area contributed by atoms with E-state index < -0.39 is 6.10 Å². The average Bonchev–Trinajstić information content (AvgIpc) is 2.26. The Balaban J connectivity index is 2.73. The molecule has 2 nitrogen and oxygen atoms in total. The molecule has 1 atom stereocenters. The summed E-state index contributed by atoms with van der Waals surface area (Å²) >= 11 is 0. The van der Waals surface area contributed by atoms with Crippen molar-refractivity contribution in [1.29, 1.82) is 0 Å². The van der Waals surface area contributed by atoms with Gasteiger partial charge in [-0.1, -0.05) is 24.1 Å². The number of hydrogen-bond acceptors (Lipinski definition) is 2. The smallest absolute Gasteiger partial charge is 0.133 e. The van der Waals surface area contributed by atoms with Crippen LogP contribution in [0, 0.1) is 12.3 Å². The molecule has 0 amide bonds. The highest BCUT2D eigenvalue weighted by Gasteiger charge is 1.94. The summed E-state index contributed by atoms with van der Waals surface area (Å²) in [6.07, 6.45) is 7.63. The lowest BCUT2D eigenvalue weighted by Crippen LogP contribution is -2.07.